The zero-order valence-corrected chi connectivity index (χ0v) is 24.1. The maximum absolute atomic E-state index is 14.2. The number of carbonyl (C=O) groups excluding carboxylic acids is 3. The second-order valence-corrected chi connectivity index (χ2v) is 12.4. The van der Waals surface area contributed by atoms with E-state index in [4.69, 9.17) is 0 Å². The lowest BCUT2D eigenvalue weighted by atomic mass is 9.83. The van der Waals surface area contributed by atoms with Crippen molar-refractivity contribution in [2.24, 2.45) is 0 Å². The third-order valence-electron chi connectivity index (χ3n) is 7.43. The lowest BCUT2D eigenvalue weighted by Crippen LogP contribution is -2.56. The summed E-state index contributed by atoms with van der Waals surface area (Å²) in [5, 5.41) is 11.9. The fourth-order valence-corrected chi connectivity index (χ4v) is 5.95. The Balaban J connectivity index is 1.60. The van der Waals surface area contributed by atoms with E-state index in [0.717, 1.165) is 34.3 Å². The lowest BCUT2D eigenvalue weighted by Gasteiger charge is -2.44. The molecule has 1 heterocycles. The minimum atomic E-state index is -4.71. The predicted molar refractivity (Wildman–Crippen MR) is 153 cm³/mol. The molecule has 5 rings (SSSR count). The molecule has 1 atom stereocenters. The summed E-state index contributed by atoms with van der Waals surface area (Å²) < 4.78 is 64.5. The largest absolute Gasteiger partial charge is 0.416 e. The number of hydrogen-bond donors (Lipinski definition) is 1. The van der Waals surface area contributed by atoms with Gasteiger partial charge in [-0.25, -0.2) is 22.9 Å². The van der Waals surface area contributed by atoms with Crippen LogP contribution in [0.15, 0.2) is 89.0 Å². The molecule has 226 valence electrons. The number of nitrogens with one attached hydrogen (secondary N) is 1. The lowest BCUT2D eigenvalue weighted by molar-refractivity contribution is -0.137. The van der Waals surface area contributed by atoms with Gasteiger partial charge in [-0.15, -0.1) is 0 Å². The molecule has 3 aromatic rings. The van der Waals surface area contributed by atoms with Crippen molar-refractivity contribution in [3.8, 4) is 6.07 Å². The summed E-state index contributed by atoms with van der Waals surface area (Å²) >= 11 is 0. The molecule has 0 radical (unpaired) electrons. The summed E-state index contributed by atoms with van der Waals surface area (Å²) in [6.45, 7) is -0.129. The molecule has 3 aromatic carbocycles. The second-order valence-electron chi connectivity index (χ2n) is 10.4. The van der Waals surface area contributed by atoms with Crippen LogP contribution in [-0.2, 0) is 27.4 Å². The van der Waals surface area contributed by atoms with Crippen LogP contribution in [-0.4, -0.2) is 37.4 Å². The molecule has 2 aliphatic rings. The number of hydrogen-bond acceptors (Lipinski definition) is 6. The molecule has 0 bridgehead atoms. The van der Waals surface area contributed by atoms with Crippen LogP contribution in [0.5, 0.6) is 0 Å². The standard InChI is InChI=1S/C31H25F3N4O5S/c1-44(42,43)24-14-10-20(11-15-24)18-36-29(40)38-28(21-12-8-19(17-35)9-13-21)27-25(6-3-7-26(27)39)37(30(38)41)23-5-2-4-22(16-23)31(32,33)34/h2,4-5,8-16,28H,3,6-7,18H2,1H3,(H,36,40). The number of ketones is 1. The van der Waals surface area contributed by atoms with Crippen LogP contribution in [0.2, 0.25) is 0 Å². The van der Waals surface area contributed by atoms with Gasteiger partial charge < -0.3 is 5.32 Å². The highest BCUT2D eigenvalue weighted by Gasteiger charge is 2.47. The average Bonchev–Trinajstić information content (AvgIpc) is 2.99. The number of anilines is 1. The number of imide groups is 1. The van der Waals surface area contributed by atoms with E-state index < -0.39 is 39.7 Å². The summed E-state index contributed by atoms with van der Waals surface area (Å²) in [6, 6.07) is 14.7. The number of sulfone groups is 1. The first-order chi connectivity index (χ1) is 20.8. The number of halogens is 3. The van der Waals surface area contributed by atoms with Crippen molar-refractivity contribution in [1.82, 2.24) is 10.2 Å². The highest BCUT2D eigenvalue weighted by Crippen LogP contribution is 2.44. The van der Waals surface area contributed by atoms with E-state index in [-0.39, 0.29) is 47.0 Å². The van der Waals surface area contributed by atoms with E-state index in [2.05, 4.69) is 5.32 Å². The van der Waals surface area contributed by atoms with E-state index in [1.165, 1.54) is 54.6 Å². The zero-order valence-electron chi connectivity index (χ0n) is 23.3. The highest BCUT2D eigenvalue weighted by molar-refractivity contribution is 7.90. The number of nitriles is 1. The zero-order chi connectivity index (χ0) is 31.8. The number of rotatable bonds is 5. The van der Waals surface area contributed by atoms with Crippen molar-refractivity contribution in [2.45, 2.75) is 42.9 Å². The van der Waals surface area contributed by atoms with Crippen molar-refractivity contribution in [3.63, 3.8) is 0 Å². The van der Waals surface area contributed by atoms with Crippen molar-refractivity contribution in [1.29, 1.82) is 5.26 Å². The predicted octanol–water partition coefficient (Wildman–Crippen LogP) is 5.88. The van der Waals surface area contributed by atoms with Gasteiger partial charge >= 0.3 is 18.2 Å². The first-order valence-corrected chi connectivity index (χ1v) is 15.3. The third-order valence-corrected chi connectivity index (χ3v) is 8.56. The number of amides is 4. The molecule has 13 heteroatoms. The van der Waals surface area contributed by atoms with Gasteiger partial charge in [-0.2, -0.15) is 18.4 Å². The Morgan fingerprint density at radius 3 is 2.32 bits per heavy atom. The quantitative estimate of drug-likeness (QED) is 0.379. The van der Waals surface area contributed by atoms with Gasteiger partial charge in [0.25, 0.3) is 0 Å². The van der Waals surface area contributed by atoms with E-state index in [9.17, 15) is 41.2 Å². The number of carbonyl (C=O) groups is 3. The second kappa shape index (κ2) is 11.6. The molecule has 4 amide bonds. The SMILES string of the molecule is CS(=O)(=O)c1ccc(CNC(=O)N2C(=O)N(c3cccc(C(F)(F)F)c3)C3=C(C(=O)CCC3)C2c2ccc(C#N)cc2)cc1. The molecule has 1 unspecified atom stereocenters. The third kappa shape index (κ3) is 5.93. The Morgan fingerprint density at radius 1 is 1.02 bits per heavy atom. The van der Waals surface area contributed by atoms with Crippen LogP contribution in [0.3, 0.4) is 0 Å². The fraction of sp³-hybridized carbons (Fsp3) is 0.226. The van der Waals surface area contributed by atoms with E-state index in [0.29, 0.717) is 23.1 Å². The van der Waals surface area contributed by atoms with Gasteiger partial charge in [0.05, 0.1) is 33.8 Å². The maximum atomic E-state index is 14.2. The molecule has 1 aliphatic heterocycles. The molecule has 0 aromatic heterocycles. The van der Waals surface area contributed by atoms with Crippen molar-refractivity contribution in [2.75, 3.05) is 11.2 Å². The Kier molecular flexibility index (Phi) is 8.05. The van der Waals surface area contributed by atoms with Gasteiger partial charge in [-0.3, -0.25) is 9.69 Å². The molecule has 1 aliphatic carbocycles. The normalized spacial score (nSPS) is 17.3. The first kappa shape index (κ1) is 30.5. The van der Waals surface area contributed by atoms with E-state index >= 15 is 0 Å². The molecule has 0 saturated heterocycles. The van der Waals surface area contributed by atoms with Gasteiger partial charge in [0.1, 0.15) is 0 Å². The Morgan fingerprint density at radius 2 is 1.70 bits per heavy atom. The van der Waals surface area contributed by atoms with Gasteiger partial charge in [-0.1, -0.05) is 30.3 Å². The van der Waals surface area contributed by atoms with Gasteiger partial charge in [-0.05, 0) is 66.4 Å². The van der Waals surface area contributed by atoms with E-state index in [1.54, 1.807) is 0 Å². The van der Waals surface area contributed by atoms with Crippen LogP contribution in [0.25, 0.3) is 0 Å². The number of Topliss-reactive ketones (excluding diaryl/α,β-unsaturated/α-hetero) is 1. The molecule has 0 saturated carbocycles. The maximum Gasteiger partial charge on any atom is 0.416 e. The Hall–Kier alpha value is -4.96. The number of nitrogens with zero attached hydrogens (tertiary/aromatic N) is 3. The number of alkyl halides is 3. The Bertz CT molecular complexity index is 1830. The summed E-state index contributed by atoms with van der Waals surface area (Å²) in [5.74, 6) is -0.362. The van der Waals surface area contributed by atoms with Crippen LogP contribution < -0.4 is 10.2 Å². The van der Waals surface area contributed by atoms with Crippen molar-refractivity contribution >= 4 is 33.4 Å². The summed E-state index contributed by atoms with van der Waals surface area (Å²) in [4.78, 5) is 43.3. The van der Waals surface area contributed by atoms with Crippen LogP contribution in [0, 0.1) is 11.3 Å². The molecule has 1 N–H and O–H groups in total. The smallest absolute Gasteiger partial charge is 0.333 e. The number of urea groups is 2. The molecule has 9 nitrogen and oxygen atoms in total. The van der Waals surface area contributed by atoms with Crippen molar-refractivity contribution in [3.05, 3.63) is 106 Å². The summed E-state index contributed by atoms with van der Waals surface area (Å²) in [5.41, 5.74) is 0.324. The summed E-state index contributed by atoms with van der Waals surface area (Å²) in [7, 11) is -3.45. The molecular weight excluding hydrogens is 597 g/mol. The minimum absolute atomic E-state index is 0.0756. The van der Waals surface area contributed by atoms with E-state index in [1.807, 2.05) is 6.07 Å². The van der Waals surface area contributed by atoms with Gasteiger partial charge in [0, 0.05) is 30.5 Å². The summed E-state index contributed by atoms with van der Waals surface area (Å²) in [6.07, 6.45) is -2.98. The fourth-order valence-electron chi connectivity index (χ4n) is 5.32. The van der Waals surface area contributed by atoms with Crippen LogP contribution in [0.1, 0.15) is 47.6 Å². The molecule has 0 fully saturated rings. The Labute approximate surface area is 251 Å². The first-order valence-electron chi connectivity index (χ1n) is 13.4. The monoisotopic (exact) mass is 622 g/mol. The average molecular weight is 623 g/mol. The molecule has 0 spiro atoms. The van der Waals surface area contributed by atoms with Crippen LogP contribution in [0.4, 0.5) is 28.4 Å². The number of allylic oxidation sites excluding steroid dienone is 1. The highest BCUT2D eigenvalue weighted by atomic mass is 32.2. The van der Waals surface area contributed by atoms with Crippen LogP contribution >= 0.6 is 0 Å². The van der Waals surface area contributed by atoms with Gasteiger partial charge in [0.15, 0.2) is 15.6 Å². The molecular formula is C31H25F3N4O5S. The van der Waals surface area contributed by atoms with Gasteiger partial charge in [0.2, 0.25) is 0 Å². The van der Waals surface area contributed by atoms with Crippen molar-refractivity contribution < 1.29 is 36.0 Å². The topological polar surface area (TPSA) is 128 Å². The molecule has 44 heavy (non-hydrogen) atoms. The minimum Gasteiger partial charge on any atom is -0.333 e. The number of benzene rings is 3.